The summed E-state index contributed by atoms with van der Waals surface area (Å²) in [6, 6.07) is 3.77. The largest absolute Gasteiger partial charge is 0.465 e. The summed E-state index contributed by atoms with van der Waals surface area (Å²) < 4.78 is 4.86. The van der Waals surface area contributed by atoms with E-state index in [4.69, 9.17) is 22.1 Å². The number of rotatable bonds is 4. The van der Waals surface area contributed by atoms with Crippen molar-refractivity contribution < 1.29 is 9.53 Å². The number of nitrogens with two attached hydrogens (primary N) is 1. The van der Waals surface area contributed by atoms with Crippen LogP contribution in [0.1, 0.15) is 43.0 Å². The molecule has 1 aliphatic carbocycles. The van der Waals surface area contributed by atoms with Crippen LogP contribution in [0.25, 0.3) is 0 Å². The van der Waals surface area contributed by atoms with Crippen LogP contribution in [0.3, 0.4) is 0 Å². The maximum Gasteiger partial charge on any atom is 0.340 e. The highest BCUT2D eigenvalue weighted by atomic mass is 35.5. The first-order valence-corrected chi connectivity index (χ1v) is 7.40. The van der Waals surface area contributed by atoms with Crippen LogP contribution in [0.2, 0.25) is 5.02 Å². The predicted octanol–water partition coefficient (Wildman–Crippen LogP) is 3.48. The molecule has 20 heavy (non-hydrogen) atoms. The third-order valence-corrected chi connectivity index (χ3v) is 4.17. The van der Waals surface area contributed by atoms with Gasteiger partial charge in [-0.25, -0.2) is 4.79 Å². The van der Waals surface area contributed by atoms with Gasteiger partial charge in [0.2, 0.25) is 0 Å². The molecule has 0 atom stereocenters. The second-order valence-electron chi connectivity index (χ2n) is 5.11. The Morgan fingerprint density at radius 2 is 2.10 bits per heavy atom. The summed E-state index contributed by atoms with van der Waals surface area (Å²) in [6.07, 6.45) is 4.72. The van der Waals surface area contributed by atoms with E-state index in [2.05, 4.69) is 11.8 Å². The van der Waals surface area contributed by atoms with Crippen molar-refractivity contribution in [3.63, 3.8) is 0 Å². The average Bonchev–Trinajstić information content (AvgIpc) is 2.94. The van der Waals surface area contributed by atoms with Gasteiger partial charge in [-0.05, 0) is 31.9 Å². The summed E-state index contributed by atoms with van der Waals surface area (Å²) in [4.78, 5) is 14.2. The minimum absolute atomic E-state index is 0.398. The van der Waals surface area contributed by atoms with Gasteiger partial charge in [-0.3, -0.25) is 0 Å². The topological polar surface area (TPSA) is 55.6 Å². The van der Waals surface area contributed by atoms with Crippen molar-refractivity contribution in [2.75, 3.05) is 24.3 Å². The van der Waals surface area contributed by atoms with Crippen molar-refractivity contribution in [2.24, 2.45) is 0 Å². The monoisotopic (exact) mass is 296 g/mol. The van der Waals surface area contributed by atoms with Crippen LogP contribution in [0.5, 0.6) is 0 Å². The van der Waals surface area contributed by atoms with Gasteiger partial charge < -0.3 is 15.4 Å². The normalized spacial score (nSPS) is 15.3. The van der Waals surface area contributed by atoms with Gasteiger partial charge in [0, 0.05) is 18.3 Å². The molecular formula is C15H21ClN2O2. The molecule has 0 spiro atoms. The van der Waals surface area contributed by atoms with Crippen molar-refractivity contribution in [3.8, 4) is 0 Å². The molecule has 4 nitrogen and oxygen atoms in total. The molecule has 1 fully saturated rings. The zero-order valence-electron chi connectivity index (χ0n) is 12.0. The van der Waals surface area contributed by atoms with E-state index in [-0.39, 0.29) is 0 Å². The molecule has 0 saturated heterocycles. The molecule has 5 heteroatoms. The maximum atomic E-state index is 12.0. The first-order valence-electron chi connectivity index (χ1n) is 7.02. The third-order valence-electron chi connectivity index (χ3n) is 3.88. The van der Waals surface area contributed by atoms with Gasteiger partial charge in [-0.15, -0.1) is 0 Å². The highest BCUT2D eigenvalue weighted by Gasteiger charge is 2.27. The van der Waals surface area contributed by atoms with Gasteiger partial charge in [-0.1, -0.05) is 24.4 Å². The van der Waals surface area contributed by atoms with E-state index in [0.29, 0.717) is 22.3 Å². The number of ether oxygens (including phenoxy) is 1. The number of carbonyl (C=O) groups is 1. The molecule has 1 aromatic rings. The Labute approximate surface area is 124 Å². The van der Waals surface area contributed by atoms with Crippen LogP contribution in [0, 0.1) is 0 Å². The van der Waals surface area contributed by atoms with E-state index >= 15 is 0 Å². The fourth-order valence-corrected chi connectivity index (χ4v) is 3.33. The van der Waals surface area contributed by atoms with Crippen LogP contribution in [0.15, 0.2) is 12.1 Å². The first-order chi connectivity index (χ1) is 9.58. The van der Waals surface area contributed by atoms with Gasteiger partial charge >= 0.3 is 5.97 Å². The maximum absolute atomic E-state index is 12.0. The molecule has 0 amide bonds. The number of halogens is 1. The number of nitrogen functional groups attached to an aromatic ring is 1. The lowest BCUT2D eigenvalue weighted by Gasteiger charge is -2.32. The lowest BCUT2D eigenvalue weighted by molar-refractivity contribution is 0.0601. The van der Waals surface area contributed by atoms with Gasteiger partial charge in [-0.2, -0.15) is 0 Å². The molecular weight excluding hydrogens is 276 g/mol. The van der Waals surface area contributed by atoms with Crippen molar-refractivity contribution in [2.45, 2.75) is 38.6 Å². The van der Waals surface area contributed by atoms with Gasteiger partial charge in [0.15, 0.2) is 0 Å². The number of esters is 1. The third kappa shape index (κ3) is 2.85. The summed E-state index contributed by atoms with van der Waals surface area (Å²) >= 11 is 6.36. The van der Waals surface area contributed by atoms with E-state index in [1.807, 2.05) is 0 Å². The average molecular weight is 297 g/mol. The zero-order chi connectivity index (χ0) is 14.7. The van der Waals surface area contributed by atoms with Gasteiger partial charge in [0.05, 0.1) is 23.4 Å². The smallest absolute Gasteiger partial charge is 0.340 e. The van der Waals surface area contributed by atoms with Gasteiger partial charge in [0.25, 0.3) is 0 Å². The lowest BCUT2D eigenvalue weighted by atomic mass is 10.1. The second kappa shape index (κ2) is 6.35. The Balaban J connectivity index is 2.49. The highest BCUT2D eigenvalue weighted by Crippen LogP contribution is 2.37. The minimum Gasteiger partial charge on any atom is -0.465 e. The SMILES string of the molecule is CCN(c1c(Cl)cc(N)cc1C(=O)OC)C1CCCC1. The predicted molar refractivity (Wildman–Crippen MR) is 82.5 cm³/mol. The standard InChI is InChI=1S/C15H21ClN2O2/c1-3-18(11-6-4-5-7-11)14-12(15(19)20-2)8-10(17)9-13(14)16/h8-9,11H,3-7,17H2,1-2H3. The van der Waals surface area contributed by atoms with Crippen LogP contribution in [-0.2, 0) is 4.74 Å². The number of hydrogen-bond acceptors (Lipinski definition) is 4. The van der Waals surface area contributed by atoms with Crippen molar-refractivity contribution >= 4 is 28.9 Å². The number of hydrogen-bond donors (Lipinski definition) is 1. The molecule has 2 N–H and O–H groups in total. The lowest BCUT2D eigenvalue weighted by Crippen LogP contribution is -2.34. The molecule has 1 aromatic carbocycles. The fourth-order valence-electron chi connectivity index (χ4n) is 2.99. The van der Waals surface area contributed by atoms with E-state index in [0.717, 1.165) is 25.1 Å². The Morgan fingerprint density at radius 3 is 2.65 bits per heavy atom. The molecule has 0 unspecified atom stereocenters. The molecule has 1 saturated carbocycles. The van der Waals surface area contributed by atoms with Gasteiger partial charge in [0.1, 0.15) is 0 Å². The quantitative estimate of drug-likeness (QED) is 0.683. The molecule has 0 bridgehead atoms. The Bertz CT molecular complexity index is 499. The number of benzene rings is 1. The van der Waals surface area contributed by atoms with Crippen LogP contribution in [0.4, 0.5) is 11.4 Å². The number of methoxy groups -OCH3 is 1. The Morgan fingerprint density at radius 1 is 1.45 bits per heavy atom. The first kappa shape index (κ1) is 15.0. The van der Waals surface area contributed by atoms with Crippen molar-refractivity contribution in [1.29, 1.82) is 0 Å². The van der Waals surface area contributed by atoms with E-state index in [1.54, 1.807) is 12.1 Å². The van der Waals surface area contributed by atoms with Crippen LogP contribution < -0.4 is 10.6 Å². The second-order valence-corrected chi connectivity index (χ2v) is 5.52. The Hall–Kier alpha value is -1.42. The summed E-state index contributed by atoms with van der Waals surface area (Å²) in [6.45, 7) is 2.88. The zero-order valence-corrected chi connectivity index (χ0v) is 12.7. The minimum atomic E-state index is -0.398. The molecule has 0 aromatic heterocycles. The molecule has 110 valence electrons. The summed E-state index contributed by atoms with van der Waals surface area (Å²) in [5.41, 5.74) is 7.48. The highest BCUT2D eigenvalue weighted by molar-refractivity contribution is 6.34. The summed E-state index contributed by atoms with van der Waals surface area (Å²) in [5, 5.41) is 0.513. The molecule has 0 heterocycles. The molecule has 2 rings (SSSR count). The van der Waals surface area contributed by atoms with E-state index in [1.165, 1.54) is 20.0 Å². The number of anilines is 2. The van der Waals surface area contributed by atoms with Crippen molar-refractivity contribution in [1.82, 2.24) is 0 Å². The molecule has 0 radical (unpaired) electrons. The fraction of sp³-hybridized carbons (Fsp3) is 0.533. The van der Waals surface area contributed by atoms with Crippen molar-refractivity contribution in [3.05, 3.63) is 22.7 Å². The summed E-state index contributed by atoms with van der Waals surface area (Å²) in [5.74, 6) is -0.398. The van der Waals surface area contributed by atoms with E-state index in [9.17, 15) is 4.79 Å². The Kier molecular flexibility index (Phi) is 4.76. The van der Waals surface area contributed by atoms with Crippen LogP contribution >= 0.6 is 11.6 Å². The number of nitrogens with zero attached hydrogens (tertiary/aromatic N) is 1. The summed E-state index contributed by atoms with van der Waals surface area (Å²) in [7, 11) is 1.37. The van der Waals surface area contributed by atoms with E-state index < -0.39 is 5.97 Å². The molecule has 0 aliphatic heterocycles. The molecule has 1 aliphatic rings. The van der Waals surface area contributed by atoms with Crippen LogP contribution in [-0.4, -0.2) is 25.7 Å². The number of carbonyl (C=O) groups excluding carboxylic acids is 1.